The summed E-state index contributed by atoms with van der Waals surface area (Å²) in [6, 6.07) is 17.2. The van der Waals surface area contributed by atoms with Gasteiger partial charge in [0.1, 0.15) is 0 Å². The van der Waals surface area contributed by atoms with E-state index in [1.54, 1.807) is 48.5 Å². The lowest BCUT2D eigenvalue weighted by Gasteiger charge is -2.38. The first kappa shape index (κ1) is 36.3. The SMILES string of the molecule is CC(C)(C)c1ccc(Nc2ccccc2)c(N2C(=O)c3ccc(C(c4ccc5c(c4)C(=O)N(C(C)(C)C)C5=O)(C(F)(F)F)C(F)(F)F)cc3C2=O)c1. The Morgan fingerprint density at radius 1 is 0.519 bits per heavy atom. The van der Waals surface area contributed by atoms with Gasteiger partial charge in [-0.05, 0) is 91.4 Å². The van der Waals surface area contributed by atoms with E-state index in [1.165, 1.54) is 20.8 Å². The third-order valence-electron chi connectivity index (χ3n) is 9.32. The van der Waals surface area contributed by atoms with E-state index < -0.39 is 80.2 Å². The Morgan fingerprint density at radius 2 is 0.981 bits per heavy atom. The van der Waals surface area contributed by atoms with E-state index in [0.717, 1.165) is 21.9 Å². The highest BCUT2D eigenvalue weighted by Crippen LogP contribution is 2.57. The van der Waals surface area contributed by atoms with Crippen LogP contribution in [0.25, 0.3) is 0 Å². The molecule has 2 aliphatic rings. The second kappa shape index (κ2) is 11.8. The van der Waals surface area contributed by atoms with Gasteiger partial charge in [0.25, 0.3) is 23.6 Å². The molecule has 0 saturated carbocycles. The minimum Gasteiger partial charge on any atom is -0.354 e. The van der Waals surface area contributed by atoms with Gasteiger partial charge in [0, 0.05) is 11.2 Å². The van der Waals surface area contributed by atoms with Gasteiger partial charge in [-0.15, -0.1) is 0 Å². The lowest BCUT2D eigenvalue weighted by Crippen LogP contribution is -2.55. The smallest absolute Gasteiger partial charge is 0.354 e. The first-order chi connectivity index (χ1) is 24.0. The van der Waals surface area contributed by atoms with Gasteiger partial charge in [-0.25, -0.2) is 4.90 Å². The highest BCUT2D eigenvalue weighted by atomic mass is 19.4. The van der Waals surface area contributed by atoms with Crippen molar-refractivity contribution in [3.8, 4) is 0 Å². The van der Waals surface area contributed by atoms with Crippen LogP contribution in [-0.4, -0.2) is 46.4 Å². The fourth-order valence-corrected chi connectivity index (χ4v) is 6.72. The van der Waals surface area contributed by atoms with Crippen molar-refractivity contribution in [1.82, 2.24) is 4.90 Å². The van der Waals surface area contributed by atoms with Crippen LogP contribution in [0, 0.1) is 0 Å². The predicted molar refractivity (Wildman–Crippen MR) is 182 cm³/mol. The van der Waals surface area contributed by atoms with E-state index >= 15 is 26.3 Å². The minimum atomic E-state index is -6.08. The zero-order valence-electron chi connectivity index (χ0n) is 28.9. The zero-order valence-corrected chi connectivity index (χ0v) is 28.9. The second-order valence-electron chi connectivity index (χ2n) is 14.8. The standard InChI is InChI=1S/C39H33F6N3O4/c1-35(2,3)21-14-17-29(46-24-10-8-7-9-11-24)30(20-21)47-31(49)25-15-12-22(18-27(25)32(47)50)37(38(40,41)42,39(43,44)45)23-13-16-26-28(19-23)34(52)48(33(26)51)36(4,5)6/h7-20,46H,1-6H3. The Balaban J connectivity index is 1.52. The Bertz CT molecular complexity index is 2150. The summed E-state index contributed by atoms with van der Waals surface area (Å²) in [6.45, 7) is 10.2. The van der Waals surface area contributed by atoms with Crippen LogP contribution in [0.15, 0.2) is 84.9 Å². The van der Waals surface area contributed by atoms with Gasteiger partial charge >= 0.3 is 12.4 Å². The van der Waals surface area contributed by atoms with Crippen LogP contribution in [0.4, 0.5) is 43.4 Å². The van der Waals surface area contributed by atoms with Crippen molar-refractivity contribution in [3.05, 3.63) is 124 Å². The number of alkyl halides is 6. The average molecular weight is 722 g/mol. The van der Waals surface area contributed by atoms with Crippen LogP contribution in [0.5, 0.6) is 0 Å². The van der Waals surface area contributed by atoms with E-state index in [0.29, 0.717) is 35.5 Å². The first-order valence-corrected chi connectivity index (χ1v) is 16.2. The summed E-state index contributed by atoms with van der Waals surface area (Å²) in [5.41, 5.74) is -9.56. The summed E-state index contributed by atoms with van der Waals surface area (Å²) >= 11 is 0. The van der Waals surface area contributed by atoms with E-state index in [2.05, 4.69) is 5.32 Å². The van der Waals surface area contributed by atoms with Crippen LogP contribution in [0.1, 0.15) is 99.7 Å². The van der Waals surface area contributed by atoms with Crippen molar-refractivity contribution in [2.24, 2.45) is 0 Å². The summed E-state index contributed by atoms with van der Waals surface area (Å²) in [5, 5.41) is 3.13. The summed E-state index contributed by atoms with van der Waals surface area (Å²) in [5.74, 6) is -3.97. The third-order valence-corrected chi connectivity index (χ3v) is 9.32. The third kappa shape index (κ3) is 5.53. The average Bonchev–Trinajstić information content (AvgIpc) is 3.43. The molecule has 1 N–H and O–H groups in total. The number of nitrogens with one attached hydrogen (secondary N) is 1. The van der Waals surface area contributed by atoms with Crippen molar-refractivity contribution < 1.29 is 45.5 Å². The molecule has 0 saturated heterocycles. The zero-order chi connectivity index (χ0) is 38.3. The largest absolute Gasteiger partial charge is 0.411 e. The monoisotopic (exact) mass is 721 g/mol. The van der Waals surface area contributed by atoms with E-state index in [1.807, 2.05) is 20.8 Å². The molecular weight excluding hydrogens is 688 g/mol. The molecule has 0 aliphatic carbocycles. The molecule has 2 aliphatic heterocycles. The molecule has 0 atom stereocenters. The molecule has 6 rings (SSSR count). The van der Waals surface area contributed by atoms with Crippen molar-refractivity contribution in [3.63, 3.8) is 0 Å². The summed E-state index contributed by atoms with van der Waals surface area (Å²) in [6.07, 6.45) is -12.2. The van der Waals surface area contributed by atoms with Crippen molar-refractivity contribution in [1.29, 1.82) is 0 Å². The predicted octanol–water partition coefficient (Wildman–Crippen LogP) is 9.33. The number of hydrogen-bond acceptors (Lipinski definition) is 5. The molecule has 0 spiro atoms. The van der Waals surface area contributed by atoms with Crippen LogP contribution in [0.3, 0.4) is 0 Å². The number of imide groups is 2. The van der Waals surface area contributed by atoms with E-state index in [9.17, 15) is 19.2 Å². The summed E-state index contributed by atoms with van der Waals surface area (Å²) < 4.78 is 91.6. The number of nitrogens with zero attached hydrogens (tertiary/aromatic N) is 2. The highest BCUT2D eigenvalue weighted by molar-refractivity contribution is 6.35. The van der Waals surface area contributed by atoms with Gasteiger partial charge in [-0.2, -0.15) is 26.3 Å². The number of carbonyl (C=O) groups is 4. The number of para-hydroxylation sites is 1. The Morgan fingerprint density at radius 3 is 1.48 bits per heavy atom. The molecule has 2 heterocycles. The first-order valence-electron chi connectivity index (χ1n) is 16.2. The minimum absolute atomic E-state index is 0.0483. The molecule has 270 valence electrons. The Kier molecular flexibility index (Phi) is 8.24. The van der Waals surface area contributed by atoms with Crippen molar-refractivity contribution in [2.45, 2.75) is 70.3 Å². The molecule has 0 bridgehead atoms. The number of hydrogen-bond donors (Lipinski definition) is 1. The topological polar surface area (TPSA) is 86.8 Å². The van der Waals surface area contributed by atoms with Gasteiger partial charge in [0.05, 0.1) is 33.6 Å². The number of fused-ring (bicyclic) bond motifs is 2. The Labute approximate surface area is 295 Å². The Hall–Kier alpha value is -5.46. The summed E-state index contributed by atoms with van der Waals surface area (Å²) in [7, 11) is 0. The summed E-state index contributed by atoms with van der Waals surface area (Å²) in [4.78, 5) is 55.7. The van der Waals surface area contributed by atoms with Crippen LogP contribution < -0.4 is 10.2 Å². The fraction of sp³-hybridized carbons (Fsp3) is 0.282. The van der Waals surface area contributed by atoms with Gasteiger partial charge in [-0.3, -0.25) is 24.1 Å². The normalized spacial score (nSPS) is 15.4. The van der Waals surface area contributed by atoms with E-state index in [4.69, 9.17) is 0 Å². The molecule has 0 unspecified atom stereocenters. The van der Waals surface area contributed by atoms with Gasteiger partial charge in [-0.1, -0.05) is 57.2 Å². The fourth-order valence-electron chi connectivity index (χ4n) is 6.72. The van der Waals surface area contributed by atoms with Gasteiger partial charge < -0.3 is 5.32 Å². The van der Waals surface area contributed by atoms with E-state index in [-0.39, 0.29) is 16.9 Å². The molecule has 7 nitrogen and oxygen atoms in total. The maximum atomic E-state index is 15.3. The van der Waals surface area contributed by atoms with Crippen LogP contribution >= 0.6 is 0 Å². The van der Waals surface area contributed by atoms with Crippen molar-refractivity contribution in [2.75, 3.05) is 10.2 Å². The molecule has 52 heavy (non-hydrogen) atoms. The maximum Gasteiger partial charge on any atom is 0.411 e. The van der Waals surface area contributed by atoms with Crippen LogP contribution in [0.2, 0.25) is 0 Å². The number of rotatable bonds is 5. The number of carbonyl (C=O) groups excluding carboxylic acids is 4. The van der Waals surface area contributed by atoms with Gasteiger partial charge in [0.2, 0.25) is 5.41 Å². The second-order valence-corrected chi connectivity index (χ2v) is 14.8. The van der Waals surface area contributed by atoms with Crippen LogP contribution in [-0.2, 0) is 10.8 Å². The van der Waals surface area contributed by atoms with Crippen molar-refractivity contribution >= 4 is 40.7 Å². The lowest BCUT2D eigenvalue weighted by atomic mass is 9.71. The lowest BCUT2D eigenvalue weighted by molar-refractivity contribution is -0.288. The number of halogens is 6. The molecule has 0 aromatic heterocycles. The maximum absolute atomic E-state index is 15.3. The molecule has 4 aromatic rings. The molecular formula is C39H33F6N3O4. The molecule has 13 heteroatoms. The number of benzene rings is 4. The number of amides is 4. The molecule has 0 radical (unpaired) electrons. The number of anilines is 3. The molecule has 4 aromatic carbocycles. The van der Waals surface area contributed by atoms with Gasteiger partial charge in [0.15, 0.2) is 0 Å². The molecule has 0 fully saturated rings. The molecule has 4 amide bonds. The highest BCUT2D eigenvalue weighted by Gasteiger charge is 2.73. The quantitative estimate of drug-likeness (QED) is 0.164.